The summed E-state index contributed by atoms with van der Waals surface area (Å²) in [6.07, 6.45) is 0. The lowest BCUT2D eigenvalue weighted by Crippen LogP contribution is -2.24. The van der Waals surface area contributed by atoms with Crippen LogP contribution in [0.25, 0.3) is 0 Å². The van der Waals surface area contributed by atoms with Gasteiger partial charge in [0.2, 0.25) is 0 Å². The summed E-state index contributed by atoms with van der Waals surface area (Å²) in [6, 6.07) is 7.72. The summed E-state index contributed by atoms with van der Waals surface area (Å²) < 4.78 is 29.4. The standard InChI is InChI=1S/C16H15Br2F2N/c1-3-21-16(10-5-4-6-14(19)15(10)20)11-8-12(17)9(2)7-13(11)18/h4-8,16,21H,3H2,1-2H3. The van der Waals surface area contributed by atoms with E-state index >= 15 is 0 Å². The van der Waals surface area contributed by atoms with E-state index in [1.165, 1.54) is 6.07 Å². The second kappa shape index (κ2) is 6.99. The summed E-state index contributed by atoms with van der Waals surface area (Å²) in [4.78, 5) is 0. The largest absolute Gasteiger partial charge is 0.306 e. The minimum Gasteiger partial charge on any atom is -0.306 e. The highest BCUT2D eigenvalue weighted by atomic mass is 79.9. The quantitative estimate of drug-likeness (QED) is 0.691. The number of nitrogens with one attached hydrogen (secondary N) is 1. The molecule has 2 aromatic carbocycles. The van der Waals surface area contributed by atoms with Crippen LogP contribution in [0, 0.1) is 18.6 Å². The van der Waals surface area contributed by atoms with Crippen molar-refractivity contribution in [3.63, 3.8) is 0 Å². The molecule has 0 aliphatic carbocycles. The Morgan fingerprint density at radius 2 is 1.81 bits per heavy atom. The highest BCUT2D eigenvalue weighted by molar-refractivity contribution is 9.11. The van der Waals surface area contributed by atoms with Crippen molar-refractivity contribution in [3.8, 4) is 0 Å². The van der Waals surface area contributed by atoms with Crippen LogP contribution in [0.3, 0.4) is 0 Å². The molecule has 2 aromatic rings. The molecule has 1 unspecified atom stereocenters. The minimum atomic E-state index is -0.835. The predicted molar refractivity (Wildman–Crippen MR) is 88.5 cm³/mol. The van der Waals surface area contributed by atoms with E-state index in [0.29, 0.717) is 12.1 Å². The lowest BCUT2D eigenvalue weighted by molar-refractivity contribution is 0.482. The van der Waals surface area contributed by atoms with Crippen LogP contribution >= 0.6 is 31.9 Å². The third kappa shape index (κ3) is 3.52. The molecule has 0 aliphatic rings. The van der Waals surface area contributed by atoms with Crippen LogP contribution in [0.4, 0.5) is 8.78 Å². The maximum Gasteiger partial charge on any atom is 0.163 e. The highest BCUT2D eigenvalue weighted by Crippen LogP contribution is 2.34. The van der Waals surface area contributed by atoms with Gasteiger partial charge in [-0.3, -0.25) is 0 Å². The molecule has 21 heavy (non-hydrogen) atoms. The summed E-state index contributed by atoms with van der Waals surface area (Å²) >= 11 is 7.00. The van der Waals surface area contributed by atoms with Gasteiger partial charge in [0.25, 0.3) is 0 Å². The van der Waals surface area contributed by atoms with Crippen molar-refractivity contribution in [2.24, 2.45) is 0 Å². The molecule has 0 bridgehead atoms. The van der Waals surface area contributed by atoms with Gasteiger partial charge in [-0.05, 0) is 42.8 Å². The van der Waals surface area contributed by atoms with Gasteiger partial charge in [0, 0.05) is 14.5 Å². The number of hydrogen-bond donors (Lipinski definition) is 1. The number of hydrogen-bond acceptors (Lipinski definition) is 1. The number of aryl methyl sites for hydroxylation is 1. The third-order valence-electron chi connectivity index (χ3n) is 3.29. The van der Waals surface area contributed by atoms with Gasteiger partial charge in [-0.1, -0.05) is 50.9 Å². The zero-order valence-electron chi connectivity index (χ0n) is 11.7. The van der Waals surface area contributed by atoms with Crippen molar-refractivity contribution < 1.29 is 8.78 Å². The first-order valence-electron chi connectivity index (χ1n) is 6.58. The zero-order chi connectivity index (χ0) is 15.6. The van der Waals surface area contributed by atoms with Gasteiger partial charge < -0.3 is 5.32 Å². The maximum absolute atomic E-state index is 14.1. The van der Waals surface area contributed by atoms with Gasteiger partial charge in [0.1, 0.15) is 0 Å². The Bertz CT molecular complexity index is 659. The van der Waals surface area contributed by atoms with E-state index in [1.54, 1.807) is 6.07 Å². The number of halogens is 4. The second-order valence-corrected chi connectivity index (χ2v) is 6.47. The lowest BCUT2D eigenvalue weighted by Gasteiger charge is -2.22. The van der Waals surface area contributed by atoms with Crippen LogP contribution in [-0.2, 0) is 0 Å². The molecule has 0 aliphatic heterocycles. The van der Waals surface area contributed by atoms with E-state index in [9.17, 15) is 8.78 Å². The predicted octanol–water partition coefficient (Wildman–Crippen LogP) is 5.50. The Kier molecular flexibility index (Phi) is 5.52. The molecule has 0 heterocycles. The van der Waals surface area contributed by atoms with Gasteiger partial charge in [0.15, 0.2) is 11.6 Å². The monoisotopic (exact) mass is 417 g/mol. The Labute approximate surface area is 140 Å². The van der Waals surface area contributed by atoms with E-state index in [1.807, 2.05) is 26.0 Å². The smallest absolute Gasteiger partial charge is 0.163 e. The number of rotatable bonds is 4. The Balaban J connectivity index is 2.59. The Morgan fingerprint density at radius 1 is 1.10 bits per heavy atom. The highest BCUT2D eigenvalue weighted by Gasteiger charge is 2.22. The van der Waals surface area contributed by atoms with E-state index in [-0.39, 0.29) is 0 Å². The van der Waals surface area contributed by atoms with Gasteiger partial charge in [-0.2, -0.15) is 0 Å². The normalized spacial score (nSPS) is 12.5. The molecule has 0 aromatic heterocycles. The topological polar surface area (TPSA) is 12.0 Å². The molecule has 5 heteroatoms. The average Bonchev–Trinajstić information content (AvgIpc) is 2.44. The van der Waals surface area contributed by atoms with Crippen LogP contribution in [0.15, 0.2) is 39.3 Å². The van der Waals surface area contributed by atoms with Gasteiger partial charge >= 0.3 is 0 Å². The van der Waals surface area contributed by atoms with E-state index in [4.69, 9.17) is 0 Å². The van der Waals surface area contributed by atoms with Crippen molar-refractivity contribution >= 4 is 31.9 Å². The molecule has 0 amide bonds. The fraction of sp³-hybridized carbons (Fsp3) is 0.250. The van der Waals surface area contributed by atoms with Crippen molar-refractivity contribution in [2.45, 2.75) is 19.9 Å². The molecule has 0 spiro atoms. The van der Waals surface area contributed by atoms with Crippen LogP contribution < -0.4 is 5.32 Å². The van der Waals surface area contributed by atoms with Crippen LogP contribution in [0.1, 0.15) is 29.7 Å². The first-order chi connectivity index (χ1) is 9.95. The molecule has 0 saturated carbocycles. The molecule has 1 atom stereocenters. The molecular formula is C16H15Br2F2N. The van der Waals surface area contributed by atoms with Gasteiger partial charge in [0.05, 0.1) is 6.04 Å². The van der Waals surface area contributed by atoms with Crippen LogP contribution in [0.5, 0.6) is 0 Å². The molecule has 0 saturated heterocycles. The fourth-order valence-electron chi connectivity index (χ4n) is 2.22. The first-order valence-corrected chi connectivity index (χ1v) is 8.17. The summed E-state index contributed by atoms with van der Waals surface area (Å²) in [5, 5.41) is 3.21. The summed E-state index contributed by atoms with van der Waals surface area (Å²) in [6.45, 7) is 4.55. The minimum absolute atomic E-state index is 0.299. The van der Waals surface area contributed by atoms with E-state index < -0.39 is 17.7 Å². The second-order valence-electron chi connectivity index (χ2n) is 4.76. The van der Waals surface area contributed by atoms with Gasteiger partial charge in [-0.25, -0.2) is 8.78 Å². The van der Waals surface area contributed by atoms with Gasteiger partial charge in [-0.15, -0.1) is 0 Å². The van der Waals surface area contributed by atoms with Crippen molar-refractivity contribution in [1.29, 1.82) is 0 Å². The van der Waals surface area contributed by atoms with Crippen molar-refractivity contribution in [1.82, 2.24) is 5.32 Å². The van der Waals surface area contributed by atoms with Crippen molar-refractivity contribution in [3.05, 3.63) is 67.6 Å². The first kappa shape index (κ1) is 16.6. The molecule has 2 rings (SSSR count). The van der Waals surface area contributed by atoms with E-state index in [0.717, 1.165) is 26.1 Å². The third-order valence-corrected chi connectivity index (χ3v) is 4.83. The molecule has 112 valence electrons. The summed E-state index contributed by atoms with van der Waals surface area (Å²) in [5.41, 5.74) is 2.23. The molecule has 1 N–H and O–H groups in total. The molecular weight excluding hydrogens is 404 g/mol. The molecule has 0 radical (unpaired) electrons. The van der Waals surface area contributed by atoms with E-state index in [2.05, 4.69) is 37.2 Å². The molecule has 0 fully saturated rings. The Morgan fingerprint density at radius 3 is 2.48 bits per heavy atom. The summed E-state index contributed by atoms with van der Waals surface area (Å²) in [5.74, 6) is -1.65. The molecule has 1 nitrogen and oxygen atoms in total. The summed E-state index contributed by atoms with van der Waals surface area (Å²) in [7, 11) is 0. The Hall–Kier alpha value is -0.780. The maximum atomic E-state index is 14.1. The van der Waals surface area contributed by atoms with Crippen LogP contribution in [0.2, 0.25) is 0 Å². The SMILES string of the molecule is CCNC(c1cc(Br)c(C)cc1Br)c1cccc(F)c1F. The fourth-order valence-corrected chi connectivity index (χ4v) is 3.27. The van der Waals surface area contributed by atoms with Crippen LogP contribution in [-0.4, -0.2) is 6.54 Å². The average molecular weight is 419 g/mol. The lowest BCUT2D eigenvalue weighted by atomic mass is 9.97. The van der Waals surface area contributed by atoms with Crippen molar-refractivity contribution in [2.75, 3.05) is 6.54 Å². The zero-order valence-corrected chi connectivity index (χ0v) is 14.9. The number of benzene rings is 2.